The number of aryl methyl sites for hydroxylation is 1. The fourth-order valence-corrected chi connectivity index (χ4v) is 5.17. The number of hydrogen-bond donors (Lipinski definition) is 0. The van der Waals surface area contributed by atoms with Crippen LogP contribution >= 0.6 is 0 Å². The number of amides is 2. The van der Waals surface area contributed by atoms with Gasteiger partial charge < -0.3 is 9.80 Å². The number of hydrogen-bond acceptors (Lipinski definition) is 4. The van der Waals surface area contributed by atoms with Crippen LogP contribution in [0.15, 0.2) is 18.2 Å². The van der Waals surface area contributed by atoms with Gasteiger partial charge in [-0.25, -0.2) is 8.42 Å². The quantitative estimate of drug-likeness (QED) is 0.784. The van der Waals surface area contributed by atoms with E-state index < -0.39 is 9.84 Å². The SMILES string of the molecule is CC(=O)N(CC(=O)N(C)C1CCS(=O)(=O)C1)c1c(C)cccc1C(C)C. The first-order valence-electron chi connectivity index (χ1n) is 8.87. The number of nitrogens with zero attached hydrogens (tertiary/aromatic N) is 2. The summed E-state index contributed by atoms with van der Waals surface area (Å²) in [7, 11) is -1.45. The topological polar surface area (TPSA) is 74.8 Å². The molecule has 1 aliphatic rings. The third-order valence-electron chi connectivity index (χ3n) is 4.98. The van der Waals surface area contributed by atoms with Crippen molar-refractivity contribution < 1.29 is 18.0 Å². The van der Waals surface area contributed by atoms with Gasteiger partial charge in [-0.15, -0.1) is 0 Å². The molecule has 1 unspecified atom stereocenters. The Balaban J connectivity index is 2.27. The Bertz CT molecular complexity index is 802. The minimum absolute atomic E-state index is 0.00306. The van der Waals surface area contributed by atoms with Crippen molar-refractivity contribution in [2.75, 3.05) is 30.0 Å². The summed E-state index contributed by atoms with van der Waals surface area (Å²) in [6, 6.07) is 5.53. The minimum Gasteiger partial charge on any atom is -0.340 e. The van der Waals surface area contributed by atoms with E-state index in [0.717, 1.165) is 16.8 Å². The Kier molecular flexibility index (Phi) is 6.11. The molecule has 1 aliphatic heterocycles. The van der Waals surface area contributed by atoms with Gasteiger partial charge in [-0.3, -0.25) is 9.59 Å². The summed E-state index contributed by atoms with van der Waals surface area (Å²) in [5.41, 5.74) is 2.72. The molecule has 2 amide bonds. The molecule has 0 saturated carbocycles. The number of carbonyl (C=O) groups excluding carboxylic acids is 2. The lowest BCUT2D eigenvalue weighted by atomic mass is 9.97. The van der Waals surface area contributed by atoms with E-state index in [4.69, 9.17) is 0 Å². The molecule has 1 fully saturated rings. The van der Waals surface area contributed by atoms with Gasteiger partial charge in [0, 0.05) is 20.0 Å². The zero-order chi connectivity index (χ0) is 19.6. The maximum Gasteiger partial charge on any atom is 0.242 e. The number of rotatable bonds is 5. The second-order valence-electron chi connectivity index (χ2n) is 7.33. The third kappa shape index (κ3) is 4.44. The summed E-state index contributed by atoms with van der Waals surface area (Å²) in [5.74, 6) is -0.139. The van der Waals surface area contributed by atoms with Gasteiger partial charge in [-0.1, -0.05) is 32.0 Å². The maximum atomic E-state index is 12.8. The van der Waals surface area contributed by atoms with Crippen molar-refractivity contribution >= 4 is 27.3 Å². The first-order valence-corrected chi connectivity index (χ1v) is 10.7. The van der Waals surface area contributed by atoms with Crippen LogP contribution in [0.25, 0.3) is 0 Å². The number of para-hydroxylation sites is 1. The molecule has 26 heavy (non-hydrogen) atoms. The molecular formula is C19H28N2O4S. The van der Waals surface area contributed by atoms with Crippen LogP contribution in [0.4, 0.5) is 5.69 Å². The van der Waals surface area contributed by atoms with Gasteiger partial charge in [0.25, 0.3) is 0 Å². The second-order valence-corrected chi connectivity index (χ2v) is 9.56. The molecule has 1 atom stereocenters. The fourth-order valence-electron chi connectivity index (χ4n) is 3.40. The Morgan fingerprint density at radius 1 is 1.27 bits per heavy atom. The number of carbonyl (C=O) groups is 2. The molecule has 1 aromatic rings. The lowest BCUT2D eigenvalue weighted by molar-refractivity contribution is -0.131. The minimum atomic E-state index is -3.07. The smallest absolute Gasteiger partial charge is 0.242 e. The molecule has 1 saturated heterocycles. The predicted molar refractivity (Wildman–Crippen MR) is 103 cm³/mol. The van der Waals surface area contributed by atoms with E-state index in [0.29, 0.717) is 6.42 Å². The first-order chi connectivity index (χ1) is 12.0. The fraction of sp³-hybridized carbons (Fsp3) is 0.579. The van der Waals surface area contributed by atoms with Crippen LogP contribution in [0.5, 0.6) is 0 Å². The molecule has 1 heterocycles. The van der Waals surface area contributed by atoms with Crippen molar-refractivity contribution in [3.8, 4) is 0 Å². The average molecular weight is 381 g/mol. The van der Waals surface area contributed by atoms with Gasteiger partial charge in [0.2, 0.25) is 11.8 Å². The Hall–Kier alpha value is -1.89. The number of anilines is 1. The highest BCUT2D eigenvalue weighted by atomic mass is 32.2. The molecule has 0 radical (unpaired) electrons. The Morgan fingerprint density at radius 3 is 2.42 bits per heavy atom. The molecule has 144 valence electrons. The van der Waals surface area contributed by atoms with E-state index in [1.165, 1.54) is 16.7 Å². The monoisotopic (exact) mass is 380 g/mol. The number of likely N-dealkylation sites (N-methyl/N-ethyl adjacent to an activating group) is 1. The largest absolute Gasteiger partial charge is 0.340 e. The average Bonchev–Trinajstić information content (AvgIpc) is 2.91. The maximum absolute atomic E-state index is 12.8. The van der Waals surface area contributed by atoms with Crippen LogP contribution in [0.1, 0.15) is 44.2 Å². The summed E-state index contributed by atoms with van der Waals surface area (Å²) in [5, 5.41) is 0. The molecular weight excluding hydrogens is 352 g/mol. The normalized spacial score (nSPS) is 18.8. The van der Waals surface area contributed by atoms with Gasteiger partial charge in [-0.05, 0) is 30.4 Å². The van der Waals surface area contributed by atoms with E-state index in [9.17, 15) is 18.0 Å². The van der Waals surface area contributed by atoms with Crippen LogP contribution in [-0.2, 0) is 19.4 Å². The second kappa shape index (κ2) is 7.78. The summed E-state index contributed by atoms with van der Waals surface area (Å²) in [4.78, 5) is 28.1. The van der Waals surface area contributed by atoms with E-state index in [1.54, 1.807) is 7.05 Å². The highest BCUT2D eigenvalue weighted by Crippen LogP contribution is 2.31. The Morgan fingerprint density at radius 2 is 1.92 bits per heavy atom. The summed E-state index contributed by atoms with van der Waals surface area (Å²) in [6.45, 7) is 7.38. The molecule has 7 heteroatoms. The van der Waals surface area contributed by atoms with Crippen LogP contribution in [0.3, 0.4) is 0 Å². The zero-order valence-corrected chi connectivity index (χ0v) is 17.0. The lowest BCUT2D eigenvalue weighted by Gasteiger charge is -2.30. The van der Waals surface area contributed by atoms with E-state index in [2.05, 4.69) is 0 Å². The van der Waals surface area contributed by atoms with Gasteiger partial charge in [0.05, 0.1) is 17.2 Å². The molecule has 0 aliphatic carbocycles. The van der Waals surface area contributed by atoms with Crippen LogP contribution in [-0.4, -0.2) is 56.3 Å². The van der Waals surface area contributed by atoms with Crippen LogP contribution in [0.2, 0.25) is 0 Å². The van der Waals surface area contributed by atoms with Crippen molar-refractivity contribution in [2.45, 2.75) is 46.1 Å². The number of benzene rings is 1. The molecule has 0 aromatic heterocycles. The van der Waals surface area contributed by atoms with E-state index in [1.807, 2.05) is 39.0 Å². The molecule has 0 bridgehead atoms. The molecule has 6 nitrogen and oxygen atoms in total. The standard InChI is InChI=1S/C19H28N2O4S/c1-13(2)17-8-6-7-14(3)19(17)21(15(4)22)11-18(23)20(5)16-9-10-26(24,25)12-16/h6-8,13,16H,9-12H2,1-5H3. The van der Waals surface area contributed by atoms with E-state index in [-0.39, 0.29) is 41.8 Å². The molecule has 0 spiro atoms. The van der Waals surface area contributed by atoms with Gasteiger partial charge >= 0.3 is 0 Å². The summed E-state index contributed by atoms with van der Waals surface area (Å²) < 4.78 is 23.4. The number of sulfone groups is 1. The summed E-state index contributed by atoms with van der Waals surface area (Å²) in [6.07, 6.45) is 0.451. The van der Waals surface area contributed by atoms with Crippen molar-refractivity contribution in [1.29, 1.82) is 0 Å². The highest BCUT2D eigenvalue weighted by molar-refractivity contribution is 7.91. The molecule has 2 rings (SSSR count). The van der Waals surface area contributed by atoms with Crippen molar-refractivity contribution in [3.63, 3.8) is 0 Å². The van der Waals surface area contributed by atoms with Gasteiger partial charge in [0.15, 0.2) is 9.84 Å². The van der Waals surface area contributed by atoms with Crippen LogP contribution in [0, 0.1) is 6.92 Å². The lowest BCUT2D eigenvalue weighted by Crippen LogP contribution is -2.45. The molecule has 0 N–H and O–H groups in total. The highest BCUT2D eigenvalue weighted by Gasteiger charge is 2.33. The van der Waals surface area contributed by atoms with Crippen molar-refractivity contribution in [3.05, 3.63) is 29.3 Å². The first kappa shape index (κ1) is 20.4. The Labute approximate surface area is 156 Å². The predicted octanol–water partition coefficient (Wildman–Crippen LogP) is 2.12. The summed E-state index contributed by atoms with van der Waals surface area (Å²) >= 11 is 0. The van der Waals surface area contributed by atoms with Crippen LogP contribution < -0.4 is 4.90 Å². The van der Waals surface area contributed by atoms with Gasteiger partial charge in [-0.2, -0.15) is 0 Å². The van der Waals surface area contributed by atoms with Crippen molar-refractivity contribution in [2.24, 2.45) is 0 Å². The van der Waals surface area contributed by atoms with E-state index >= 15 is 0 Å². The van der Waals surface area contributed by atoms with Gasteiger partial charge in [0.1, 0.15) is 6.54 Å². The third-order valence-corrected chi connectivity index (χ3v) is 6.73. The van der Waals surface area contributed by atoms with Crippen molar-refractivity contribution in [1.82, 2.24) is 4.90 Å². The zero-order valence-electron chi connectivity index (χ0n) is 16.2. The molecule has 1 aromatic carbocycles.